The van der Waals surface area contributed by atoms with E-state index in [1.165, 1.54) is 0 Å². The van der Waals surface area contributed by atoms with Crippen molar-refractivity contribution in [1.29, 1.82) is 0 Å². The van der Waals surface area contributed by atoms with Crippen molar-refractivity contribution in [2.45, 2.75) is 52.2 Å². The standard InChI is InChI=1S/C20H31ClN2O3/c1-14-7-8-16(21)12-17(14)18(25-11-9-22)15-6-5-10-23(13-15)19(24)26-20(2,3)4/h7-8,12,15,18H,5-6,9-11,13,22H2,1-4H3/t15-,18-/m1/s1. The van der Waals surface area contributed by atoms with E-state index in [-0.39, 0.29) is 18.1 Å². The Morgan fingerprint density at radius 2 is 2.15 bits per heavy atom. The fourth-order valence-corrected chi connectivity index (χ4v) is 3.52. The third kappa shape index (κ3) is 5.86. The summed E-state index contributed by atoms with van der Waals surface area (Å²) in [5.41, 5.74) is 7.37. The van der Waals surface area contributed by atoms with Crippen LogP contribution in [0.25, 0.3) is 0 Å². The van der Waals surface area contributed by atoms with E-state index in [2.05, 4.69) is 6.92 Å². The molecule has 0 aromatic heterocycles. The third-order valence-corrected chi connectivity index (χ3v) is 4.74. The van der Waals surface area contributed by atoms with Gasteiger partial charge in [-0.1, -0.05) is 17.7 Å². The molecule has 1 amide bonds. The summed E-state index contributed by atoms with van der Waals surface area (Å²) in [6, 6.07) is 5.85. The van der Waals surface area contributed by atoms with Crippen molar-refractivity contribution in [3.63, 3.8) is 0 Å². The number of halogens is 1. The smallest absolute Gasteiger partial charge is 0.410 e. The summed E-state index contributed by atoms with van der Waals surface area (Å²) in [5, 5.41) is 0.687. The average molecular weight is 383 g/mol. The van der Waals surface area contributed by atoms with E-state index in [4.69, 9.17) is 26.8 Å². The number of piperidine rings is 1. The average Bonchev–Trinajstić information content (AvgIpc) is 2.57. The Morgan fingerprint density at radius 3 is 2.81 bits per heavy atom. The number of likely N-dealkylation sites (tertiary alicyclic amines) is 1. The first-order valence-electron chi connectivity index (χ1n) is 9.27. The number of amides is 1. The summed E-state index contributed by atoms with van der Waals surface area (Å²) in [5.74, 6) is 0.181. The molecule has 0 spiro atoms. The monoisotopic (exact) mass is 382 g/mol. The molecular formula is C20H31ClN2O3. The number of nitrogens with two attached hydrogens (primary N) is 1. The third-order valence-electron chi connectivity index (χ3n) is 4.50. The first-order chi connectivity index (χ1) is 12.2. The molecule has 0 saturated carbocycles. The zero-order valence-corrected chi connectivity index (χ0v) is 17.0. The van der Waals surface area contributed by atoms with Gasteiger partial charge in [-0.2, -0.15) is 0 Å². The number of nitrogens with zero attached hydrogens (tertiary/aromatic N) is 1. The number of hydrogen-bond acceptors (Lipinski definition) is 4. The van der Waals surface area contributed by atoms with Crippen molar-refractivity contribution in [1.82, 2.24) is 4.90 Å². The molecule has 146 valence electrons. The van der Waals surface area contributed by atoms with Crippen LogP contribution in [0.15, 0.2) is 18.2 Å². The van der Waals surface area contributed by atoms with Gasteiger partial charge in [-0.15, -0.1) is 0 Å². The summed E-state index contributed by atoms with van der Waals surface area (Å²) < 4.78 is 11.7. The number of carbonyl (C=O) groups is 1. The minimum absolute atomic E-state index is 0.137. The lowest BCUT2D eigenvalue weighted by molar-refractivity contribution is -0.0235. The lowest BCUT2D eigenvalue weighted by Crippen LogP contribution is -2.44. The fraction of sp³-hybridized carbons (Fsp3) is 0.650. The Bertz CT molecular complexity index is 616. The van der Waals surface area contributed by atoms with E-state index in [0.29, 0.717) is 31.3 Å². The molecule has 5 nitrogen and oxygen atoms in total. The molecule has 1 aliphatic rings. The summed E-state index contributed by atoms with van der Waals surface area (Å²) in [6.45, 7) is 9.95. The van der Waals surface area contributed by atoms with Crippen LogP contribution >= 0.6 is 11.6 Å². The van der Waals surface area contributed by atoms with Gasteiger partial charge in [0.2, 0.25) is 0 Å². The van der Waals surface area contributed by atoms with Gasteiger partial charge >= 0.3 is 6.09 Å². The Labute approximate surface area is 161 Å². The minimum Gasteiger partial charge on any atom is -0.444 e. The van der Waals surface area contributed by atoms with Gasteiger partial charge in [0.05, 0.1) is 12.7 Å². The highest BCUT2D eigenvalue weighted by Gasteiger charge is 2.33. The molecule has 0 bridgehead atoms. The molecule has 1 aromatic carbocycles. The summed E-state index contributed by atoms with van der Waals surface area (Å²) in [7, 11) is 0. The van der Waals surface area contributed by atoms with Crippen LogP contribution in [0.1, 0.15) is 50.8 Å². The number of aryl methyl sites for hydroxylation is 1. The molecule has 2 rings (SSSR count). The number of benzene rings is 1. The second kappa shape index (κ2) is 9.07. The Balaban J connectivity index is 2.19. The molecule has 1 aromatic rings. The van der Waals surface area contributed by atoms with Crippen LogP contribution in [-0.2, 0) is 9.47 Å². The highest BCUT2D eigenvalue weighted by molar-refractivity contribution is 6.30. The maximum absolute atomic E-state index is 12.5. The van der Waals surface area contributed by atoms with Gasteiger partial charge in [0.1, 0.15) is 5.60 Å². The first kappa shape index (κ1) is 21.0. The quantitative estimate of drug-likeness (QED) is 0.823. The Hall–Kier alpha value is -1.30. The highest BCUT2D eigenvalue weighted by Crippen LogP contribution is 2.36. The zero-order chi connectivity index (χ0) is 19.3. The number of carbonyl (C=O) groups excluding carboxylic acids is 1. The van der Waals surface area contributed by atoms with Crippen LogP contribution in [0.5, 0.6) is 0 Å². The molecular weight excluding hydrogens is 352 g/mol. The van der Waals surface area contributed by atoms with E-state index in [9.17, 15) is 4.79 Å². The number of ether oxygens (including phenoxy) is 2. The topological polar surface area (TPSA) is 64.8 Å². The minimum atomic E-state index is -0.497. The SMILES string of the molecule is Cc1ccc(Cl)cc1[C@H](OCCN)[C@@H]1CCCN(C(=O)OC(C)(C)C)C1. The molecule has 1 fully saturated rings. The van der Waals surface area contributed by atoms with Crippen molar-refractivity contribution in [3.05, 3.63) is 34.3 Å². The van der Waals surface area contributed by atoms with Crippen LogP contribution in [0.4, 0.5) is 4.79 Å². The lowest BCUT2D eigenvalue weighted by atomic mass is 9.86. The van der Waals surface area contributed by atoms with Gasteiger partial charge in [0, 0.05) is 30.6 Å². The van der Waals surface area contributed by atoms with E-state index in [0.717, 1.165) is 24.0 Å². The maximum atomic E-state index is 12.5. The number of hydrogen-bond donors (Lipinski definition) is 1. The van der Waals surface area contributed by atoms with Gasteiger partial charge < -0.3 is 20.1 Å². The van der Waals surface area contributed by atoms with Crippen LogP contribution in [-0.4, -0.2) is 42.8 Å². The zero-order valence-electron chi connectivity index (χ0n) is 16.3. The molecule has 2 atom stereocenters. The highest BCUT2D eigenvalue weighted by atomic mass is 35.5. The fourth-order valence-electron chi connectivity index (χ4n) is 3.34. The van der Waals surface area contributed by atoms with E-state index in [1.54, 1.807) is 4.90 Å². The molecule has 0 radical (unpaired) electrons. The van der Waals surface area contributed by atoms with Crippen molar-refractivity contribution >= 4 is 17.7 Å². The van der Waals surface area contributed by atoms with Crippen molar-refractivity contribution < 1.29 is 14.3 Å². The van der Waals surface area contributed by atoms with Crippen LogP contribution in [0, 0.1) is 12.8 Å². The molecule has 1 aliphatic heterocycles. The van der Waals surface area contributed by atoms with Gasteiger partial charge in [-0.25, -0.2) is 4.79 Å². The summed E-state index contributed by atoms with van der Waals surface area (Å²) in [6.07, 6.45) is 1.51. The molecule has 0 aliphatic carbocycles. The second-order valence-corrected chi connectivity index (χ2v) is 8.35. The maximum Gasteiger partial charge on any atom is 0.410 e. The van der Waals surface area contributed by atoms with Gasteiger partial charge in [0.25, 0.3) is 0 Å². The molecule has 26 heavy (non-hydrogen) atoms. The van der Waals surface area contributed by atoms with Crippen molar-refractivity contribution in [2.75, 3.05) is 26.2 Å². The molecule has 0 unspecified atom stereocenters. The van der Waals surface area contributed by atoms with E-state index < -0.39 is 5.60 Å². The predicted octanol–water partition coefficient (Wildman–Crippen LogP) is 4.31. The predicted molar refractivity (Wildman–Crippen MR) is 104 cm³/mol. The van der Waals surface area contributed by atoms with Gasteiger partial charge in [0.15, 0.2) is 0 Å². The Kier molecular flexibility index (Phi) is 7.33. The van der Waals surface area contributed by atoms with Crippen LogP contribution in [0.3, 0.4) is 0 Å². The normalized spacial score (nSPS) is 19.3. The second-order valence-electron chi connectivity index (χ2n) is 7.91. The number of rotatable bonds is 5. The largest absolute Gasteiger partial charge is 0.444 e. The lowest BCUT2D eigenvalue weighted by Gasteiger charge is -2.38. The van der Waals surface area contributed by atoms with Crippen molar-refractivity contribution in [3.8, 4) is 0 Å². The van der Waals surface area contributed by atoms with Crippen LogP contribution < -0.4 is 5.73 Å². The van der Waals surface area contributed by atoms with E-state index in [1.807, 2.05) is 39.0 Å². The van der Waals surface area contributed by atoms with Gasteiger partial charge in [-0.05, 0) is 63.8 Å². The molecule has 1 heterocycles. The summed E-state index contributed by atoms with van der Waals surface area (Å²) in [4.78, 5) is 14.3. The van der Waals surface area contributed by atoms with Gasteiger partial charge in [-0.3, -0.25) is 0 Å². The molecule has 2 N–H and O–H groups in total. The Morgan fingerprint density at radius 1 is 1.42 bits per heavy atom. The summed E-state index contributed by atoms with van der Waals surface area (Å²) >= 11 is 6.22. The van der Waals surface area contributed by atoms with Crippen molar-refractivity contribution in [2.24, 2.45) is 11.7 Å². The molecule has 6 heteroatoms. The first-order valence-corrected chi connectivity index (χ1v) is 9.64. The van der Waals surface area contributed by atoms with E-state index >= 15 is 0 Å². The molecule has 1 saturated heterocycles. The van der Waals surface area contributed by atoms with Crippen LogP contribution in [0.2, 0.25) is 5.02 Å².